The van der Waals surface area contributed by atoms with Crippen molar-refractivity contribution < 1.29 is 14.3 Å². The molecule has 2 aliphatic carbocycles. The monoisotopic (exact) mass is 422 g/mol. The molecule has 1 amide bonds. The van der Waals surface area contributed by atoms with Crippen molar-refractivity contribution in [1.82, 2.24) is 10.2 Å². The van der Waals surface area contributed by atoms with Gasteiger partial charge in [0.15, 0.2) is 0 Å². The van der Waals surface area contributed by atoms with E-state index in [0.29, 0.717) is 19.4 Å². The molecule has 1 N–H and O–H groups in total. The van der Waals surface area contributed by atoms with E-state index in [4.69, 9.17) is 9.47 Å². The van der Waals surface area contributed by atoms with Crippen LogP contribution in [0.3, 0.4) is 0 Å². The van der Waals surface area contributed by atoms with Crippen molar-refractivity contribution in [3.8, 4) is 5.75 Å². The van der Waals surface area contributed by atoms with Crippen molar-refractivity contribution >= 4 is 16.7 Å². The summed E-state index contributed by atoms with van der Waals surface area (Å²) in [5, 5.41) is 5.08. The molecule has 5 heteroatoms. The molecule has 0 aromatic heterocycles. The normalized spacial score (nSPS) is 27.6. The number of hydrogen-bond acceptors (Lipinski definition) is 4. The first kappa shape index (κ1) is 20.8. The van der Waals surface area contributed by atoms with Gasteiger partial charge in [0, 0.05) is 30.1 Å². The molecule has 3 atom stereocenters. The summed E-state index contributed by atoms with van der Waals surface area (Å²) in [7, 11) is 0. The molecule has 5 nitrogen and oxygen atoms in total. The van der Waals surface area contributed by atoms with Crippen LogP contribution in [0.15, 0.2) is 36.4 Å². The third kappa shape index (κ3) is 4.31. The quantitative estimate of drug-likeness (QED) is 0.683. The second-order valence-corrected chi connectivity index (χ2v) is 9.72. The van der Waals surface area contributed by atoms with Crippen LogP contribution in [0.5, 0.6) is 5.75 Å². The van der Waals surface area contributed by atoms with Crippen LogP contribution in [0.4, 0.5) is 0 Å². The molecule has 166 valence electrons. The van der Waals surface area contributed by atoms with Crippen LogP contribution in [0.2, 0.25) is 0 Å². The van der Waals surface area contributed by atoms with Crippen LogP contribution < -0.4 is 10.1 Å². The summed E-state index contributed by atoms with van der Waals surface area (Å²) in [6.07, 6.45) is 5.40. The average molecular weight is 423 g/mol. The highest BCUT2D eigenvalue weighted by Gasteiger charge is 2.51. The highest BCUT2D eigenvalue weighted by Crippen LogP contribution is 2.58. The van der Waals surface area contributed by atoms with Gasteiger partial charge in [0.25, 0.3) is 5.91 Å². The first-order valence-electron chi connectivity index (χ1n) is 11.9. The maximum absolute atomic E-state index is 12.9. The lowest BCUT2D eigenvalue weighted by atomic mass is 10.0. The number of ether oxygens (including phenoxy) is 2. The number of hydrogen-bond donors (Lipinski definition) is 1. The summed E-state index contributed by atoms with van der Waals surface area (Å²) in [4.78, 5) is 15.2. The maximum Gasteiger partial charge on any atom is 0.251 e. The van der Waals surface area contributed by atoms with E-state index in [1.165, 1.54) is 19.3 Å². The Bertz CT molecular complexity index is 933. The highest BCUT2D eigenvalue weighted by atomic mass is 16.5. The van der Waals surface area contributed by atoms with Crippen LogP contribution in [0.25, 0.3) is 10.8 Å². The summed E-state index contributed by atoms with van der Waals surface area (Å²) in [6.45, 7) is 7.20. The van der Waals surface area contributed by atoms with Crippen molar-refractivity contribution in [2.24, 2.45) is 17.8 Å². The van der Waals surface area contributed by atoms with E-state index in [-0.39, 0.29) is 12.0 Å². The Kier molecular flexibility index (Phi) is 5.89. The van der Waals surface area contributed by atoms with Crippen LogP contribution in [0.1, 0.15) is 49.9 Å². The van der Waals surface area contributed by atoms with Crippen LogP contribution in [-0.4, -0.2) is 49.4 Å². The van der Waals surface area contributed by atoms with Crippen LogP contribution in [-0.2, 0) is 4.74 Å². The summed E-state index contributed by atoms with van der Waals surface area (Å²) >= 11 is 0. The van der Waals surface area contributed by atoms with E-state index >= 15 is 0 Å². The van der Waals surface area contributed by atoms with Gasteiger partial charge in [-0.3, -0.25) is 9.69 Å². The van der Waals surface area contributed by atoms with Gasteiger partial charge in [-0.05, 0) is 68.4 Å². The lowest BCUT2D eigenvalue weighted by Gasteiger charge is -2.18. The Hall–Kier alpha value is -2.11. The molecule has 31 heavy (non-hydrogen) atoms. The average Bonchev–Trinajstić information content (AvgIpc) is 3.16. The predicted octanol–water partition coefficient (Wildman–Crippen LogP) is 4.45. The van der Waals surface area contributed by atoms with Gasteiger partial charge in [-0.25, -0.2) is 0 Å². The van der Waals surface area contributed by atoms with E-state index < -0.39 is 0 Å². The number of carbonyl (C=O) groups is 1. The Labute approximate surface area is 185 Å². The van der Waals surface area contributed by atoms with Gasteiger partial charge in [-0.1, -0.05) is 30.7 Å². The van der Waals surface area contributed by atoms with Gasteiger partial charge in [-0.15, -0.1) is 0 Å². The van der Waals surface area contributed by atoms with Crippen molar-refractivity contribution in [3.05, 3.63) is 42.0 Å². The Morgan fingerprint density at radius 1 is 1.16 bits per heavy atom. The molecule has 5 rings (SSSR count). The topological polar surface area (TPSA) is 50.8 Å². The maximum atomic E-state index is 12.9. The number of carbonyl (C=O) groups excluding carboxylic acids is 1. The third-order valence-electron chi connectivity index (χ3n) is 7.55. The largest absolute Gasteiger partial charge is 0.490 e. The molecule has 3 fully saturated rings. The Morgan fingerprint density at radius 2 is 1.94 bits per heavy atom. The summed E-state index contributed by atoms with van der Waals surface area (Å²) in [5.74, 6) is 3.58. The zero-order valence-electron chi connectivity index (χ0n) is 18.7. The van der Waals surface area contributed by atoms with E-state index in [1.807, 2.05) is 36.4 Å². The summed E-state index contributed by atoms with van der Waals surface area (Å²) in [6, 6.07) is 12.3. The van der Waals surface area contributed by atoms with Gasteiger partial charge >= 0.3 is 0 Å². The Morgan fingerprint density at radius 3 is 2.68 bits per heavy atom. The van der Waals surface area contributed by atoms with Crippen molar-refractivity contribution in [1.29, 1.82) is 0 Å². The molecule has 2 saturated carbocycles. The molecule has 0 radical (unpaired) electrons. The second kappa shape index (κ2) is 8.79. The molecule has 1 aliphatic heterocycles. The number of fused-ring (bicyclic) bond motifs is 2. The first-order chi connectivity index (χ1) is 15.1. The minimum absolute atomic E-state index is 0.0141. The molecule has 0 spiro atoms. The molecule has 1 saturated heterocycles. The number of nitrogens with zero attached hydrogens (tertiary/aromatic N) is 1. The number of benzene rings is 2. The van der Waals surface area contributed by atoms with Crippen molar-refractivity contribution in [2.75, 3.05) is 26.4 Å². The lowest BCUT2D eigenvalue weighted by molar-refractivity contribution is 0.0554. The zero-order valence-corrected chi connectivity index (χ0v) is 18.7. The minimum atomic E-state index is 0.0141. The highest BCUT2D eigenvalue weighted by molar-refractivity contribution is 6.08. The molecular weight excluding hydrogens is 388 g/mol. The van der Waals surface area contributed by atoms with Gasteiger partial charge in [0.05, 0.1) is 6.73 Å². The number of rotatable bonds is 8. The fourth-order valence-corrected chi connectivity index (χ4v) is 5.65. The van der Waals surface area contributed by atoms with Gasteiger partial charge in [0.1, 0.15) is 18.5 Å². The van der Waals surface area contributed by atoms with Gasteiger partial charge in [0.2, 0.25) is 0 Å². The SMILES string of the molecule is CC(C)N1COC(COc2ccc(C(=O)NCCC3C4CCCC43)c3ccccc23)C1. The van der Waals surface area contributed by atoms with Gasteiger partial charge < -0.3 is 14.8 Å². The standard InChI is InChI=1S/C26H34N2O3/c1-17(2)28-14-18(31-16-28)15-30-25-11-10-24(21-6-3-4-7-23(21)25)26(29)27-13-12-22-19-8-5-9-20(19)22/h3-4,6-7,10-11,17-20,22H,5,8-9,12-16H2,1-2H3,(H,27,29). The molecule has 3 aliphatic rings. The smallest absolute Gasteiger partial charge is 0.251 e. The molecule has 1 heterocycles. The first-order valence-corrected chi connectivity index (χ1v) is 11.9. The fraction of sp³-hybridized carbons (Fsp3) is 0.577. The molecule has 0 bridgehead atoms. The van der Waals surface area contributed by atoms with E-state index in [2.05, 4.69) is 24.1 Å². The van der Waals surface area contributed by atoms with Crippen LogP contribution >= 0.6 is 0 Å². The lowest BCUT2D eigenvalue weighted by Crippen LogP contribution is -2.30. The number of nitrogens with one attached hydrogen (secondary N) is 1. The predicted molar refractivity (Wildman–Crippen MR) is 122 cm³/mol. The van der Waals surface area contributed by atoms with Crippen molar-refractivity contribution in [2.45, 2.75) is 51.7 Å². The number of amides is 1. The summed E-state index contributed by atoms with van der Waals surface area (Å²) in [5.41, 5.74) is 0.724. The third-order valence-corrected chi connectivity index (χ3v) is 7.55. The molecule has 3 unspecified atom stereocenters. The van der Waals surface area contributed by atoms with Gasteiger partial charge in [-0.2, -0.15) is 0 Å². The molecular formula is C26H34N2O3. The zero-order chi connectivity index (χ0) is 21.4. The minimum Gasteiger partial charge on any atom is -0.490 e. The summed E-state index contributed by atoms with van der Waals surface area (Å²) < 4.78 is 12.0. The van der Waals surface area contributed by atoms with Crippen LogP contribution in [0, 0.1) is 17.8 Å². The molecule has 2 aromatic carbocycles. The Balaban J connectivity index is 1.21. The van der Waals surface area contributed by atoms with E-state index in [1.54, 1.807) is 0 Å². The second-order valence-electron chi connectivity index (χ2n) is 9.72. The molecule has 2 aromatic rings. The van der Waals surface area contributed by atoms with Crippen molar-refractivity contribution in [3.63, 3.8) is 0 Å². The van der Waals surface area contributed by atoms with E-state index in [9.17, 15) is 4.79 Å². The fourth-order valence-electron chi connectivity index (χ4n) is 5.65. The van der Waals surface area contributed by atoms with E-state index in [0.717, 1.165) is 59.3 Å².